The number of aryl methyl sites for hydroxylation is 1. The van der Waals surface area contributed by atoms with Crippen molar-refractivity contribution in [1.29, 1.82) is 0 Å². The van der Waals surface area contributed by atoms with E-state index in [0.29, 0.717) is 11.4 Å². The van der Waals surface area contributed by atoms with Crippen LogP contribution in [0.4, 0.5) is 0 Å². The van der Waals surface area contributed by atoms with E-state index in [1.807, 2.05) is 18.2 Å². The van der Waals surface area contributed by atoms with Gasteiger partial charge in [-0.2, -0.15) is 0 Å². The molecule has 0 aliphatic rings. The molecule has 0 saturated heterocycles. The molecule has 70 valence electrons. The summed E-state index contributed by atoms with van der Waals surface area (Å²) in [4.78, 5) is 10.9. The highest BCUT2D eigenvalue weighted by molar-refractivity contribution is 6.31. The Morgan fingerprint density at radius 3 is 2.62 bits per heavy atom. The number of halogens is 1. The fourth-order valence-corrected chi connectivity index (χ4v) is 1.49. The molecular weight excluding hydrogens is 184 g/mol. The molecule has 0 amide bonds. The summed E-state index contributed by atoms with van der Waals surface area (Å²) in [5, 5.41) is 0.703. The number of Topliss-reactive ketones (excluding diaryl/α,β-unsaturated/α-hetero) is 1. The summed E-state index contributed by atoms with van der Waals surface area (Å²) in [6, 6.07) is 5.88. The van der Waals surface area contributed by atoms with Crippen molar-refractivity contribution in [3.05, 3.63) is 34.3 Å². The lowest BCUT2D eigenvalue weighted by atomic mass is 10.1. The van der Waals surface area contributed by atoms with E-state index in [1.54, 1.807) is 6.92 Å². The maximum Gasteiger partial charge on any atom is 0.134 e. The topological polar surface area (TPSA) is 17.1 Å². The van der Waals surface area contributed by atoms with Gasteiger partial charge in [0.05, 0.1) is 0 Å². The van der Waals surface area contributed by atoms with Gasteiger partial charge < -0.3 is 0 Å². The maximum atomic E-state index is 10.9. The lowest BCUT2D eigenvalue weighted by molar-refractivity contribution is -0.116. The molecule has 0 bridgehead atoms. The van der Waals surface area contributed by atoms with Crippen LogP contribution in [0.2, 0.25) is 5.02 Å². The molecule has 2 heteroatoms. The number of hydrogen-bond acceptors (Lipinski definition) is 1. The summed E-state index contributed by atoms with van der Waals surface area (Å²) in [7, 11) is 0. The van der Waals surface area contributed by atoms with E-state index in [-0.39, 0.29) is 5.78 Å². The number of carbonyl (C=O) groups excluding carboxylic acids is 1. The zero-order valence-electron chi connectivity index (χ0n) is 7.93. The SMILES string of the molecule is CCc1ccc(CC(C)=O)c(Cl)c1. The van der Waals surface area contributed by atoms with Crippen LogP contribution in [0.1, 0.15) is 25.0 Å². The summed E-state index contributed by atoms with van der Waals surface area (Å²) >= 11 is 6.00. The van der Waals surface area contributed by atoms with E-state index in [4.69, 9.17) is 11.6 Å². The zero-order valence-corrected chi connectivity index (χ0v) is 8.69. The van der Waals surface area contributed by atoms with Gasteiger partial charge in [-0.15, -0.1) is 0 Å². The van der Waals surface area contributed by atoms with E-state index in [1.165, 1.54) is 5.56 Å². The first-order chi connectivity index (χ1) is 6.13. The average Bonchev–Trinajstić information content (AvgIpc) is 2.08. The second-order valence-corrected chi connectivity index (χ2v) is 3.57. The standard InChI is InChI=1S/C11H13ClO/c1-3-9-4-5-10(6-8(2)13)11(12)7-9/h4-5,7H,3,6H2,1-2H3. The summed E-state index contributed by atoms with van der Waals surface area (Å²) in [5.74, 6) is 0.145. The van der Waals surface area contributed by atoms with Gasteiger partial charge in [0.15, 0.2) is 0 Å². The first kappa shape index (κ1) is 10.3. The largest absolute Gasteiger partial charge is 0.300 e. The minimum absolute atomic E-state index is 0.145. The molecule has 1 nitrogen and oxygen atoms in total. The molecule has 0 spiro atoms. The molecule has 0 saturated carbocycles. The highest BCUT2D eigenvalue weighted by Gasteiger charge is 2.03. The second-order valence-electron chi connectivity index (χ2n) is 3.16. The fraction of sp³-hybridized carbons (Fsp3) is 0.364. The minimum Gasteiger partial charge on any atom is -0.300 e. The Hall–Kier alpha value is -0.820. The molecule has 0 atom stereocenters. The van der Waals surface area contributed by atoms with Crippen molar-refractivity contribution in [3.8, 4) is 0 Å². The number of carbonyl (C=O) groups is 1. The van der Waals surface area contributed by atoms with Crippen molar-refractivity contribution in [2.24, 2.45) is 0 Å². The van der Waals surface area contributed by atoms with Gasteiger partial charge in [-0.25, -0.2) is 0 Å². The van der Waals surface area contributed by atoms with Gasteiger partial charge in [0.2, 0.25) is 0 Å². The normalized spacial score (nSPS) is 10.1. The molecule has 1 rings (SSSR count). The smallest absolute Gasteiger partial charge is 0.134 e. The van der Waals surface area contributed by atoms with Crippen molar-refractivity contribution in [2.45, 2.75) is 26.7 Å². The Balaban J connectivity index is 2.91. The van der Waals surface area contributed by atoms with Gasteiger partial charge >= 0.3 is 0 Å². The summed E-state index contributed by atoms with van der Waals surface area (Å²) in [6.45, 7) is 3.65. The molecule has 0 radical (unpaired) electrons. The molecule has 0 aromatic heterocycles. The molecular formula is C11H13ClO. The Labute approximate surface area is 83.7 Å². The molecule has 13 heavy (non-hydrogen) atoms. The molecule has 1 aromatic carbocycles. The number of ketones is 1. The van der Waals surface area contributed by atoms with E-state index < -0.39 is 0 Å². The van der Waals surface area contributed by atoms with E-state index in [2.05, 4.69) is 6.92 Å². The van der Waals surface area contributed by atoms with Crippen molar-refractivity contribution < 1.29 is 4.79 Å². The van der Waals surface area contributed by atoms with Crippen molar-refractivity contribution in [1.82, 2.24) is 0 Å². The van der Waals surface area contributed by atoms with Crippen molar-refractivity contribution in [2.75, 3.05) is 0 Å². The minimum atomic E-state index is 0.145. The van der Waals surface area contributed by atoms with Gasteiger partial charge in [-0.3, -0.25) is 4.79 Å². The molecule has 0 aliphatic carbocycles. The lowest BCUT2D eigenvalue weighted by Gasteiger charge is -2.03. The first-order valence-electron chi connectivity index (χ1n) is 4.40. The van der Waals surface area contributed by atoms with Gasteiger partial charge in [0.1, 0.15) is 5.78 Å². The van der Waals surface area contributed by atoms with E-state index in [0.717, 1.165) is 12.0 Å². The molecule has 1 aromatic rings. The molecule has 0 heterocycles. The average molecular weight is 197 g/mol. The van der Waals surface area contributed by atoms with Gasteiger partial charge in [-0.1, -0.05) is 30.7 Å². The van der Waals surface area contributed by atoms with Crippen LogP contribution in [0.3, 0.4) is 0 Å². The van der Waals surface area contributed by atoms with Crippen LogP contribution in [0.15, 0.2) is 18.2 Å². The highest BCUT2D eigenvalue weighted by Crippen LogP contribution is 2.18. The molecule has 0 N–H and O–H groups in total. The van der Waals surface area contributed by atoms with Crippen LogP contribution in [0.25, 0.3) is 0 Å². The number of benzene rings is 1. The van der Waals surface area contributed by atoms with Crippen molar-refractivity contribution in [3.63, 3.8) is 0 Å². The van der Waals surface area contributed by atoms with Crippen molar-refractivity contribution >= 4 is 17.4 Å². The Morgan fingerprint density at radius 2 is 2.15 bits per heavy atom. The number of hydrogen-bond donors (Lipinski definition) is 0. The van der Waals surface area contributed by atoms with Gasteiger partial charge in [0.25, 0.3) is 0 Å². The van der Waals surface area contributed by atoms with Crippen LogP contribution >= 0.6 is 11.6 Å². The predicted molar refractivity (Wildman–Crippen MR) is 55.2 cm³/mol. The lowest BCUT2D eigenvalue weighted by Crippen LogP contribution is -1.97. The highest BCUT2D eigenvalue weighted by atomic mass is 35.5. The summed E-state index contributed by atoms with van der Waals surface area (Å²) in [6.07, 6.45) is 1.41. The fourth-order valence-electron chi connectivity index (χ4n) is 1.22. The Bertz CT molecular complexity index is 318. The predicted octanol–water partition coefficient (Wildman–Crippen LogP) is 3.03. The zero-order chi connectivity index (χ0) is 9.84. The molecule has 0 aliphatic heterocycles. The third-order valence-corrected chi connectivity index (χ3v) is 2.32. The van der Waals surface area contributed by atoms with Gasteiger partial charge in [-0.05, 0) is 30.5 Å². The third-order valence-electron chi connectivity index (χ3n) is 1.97. The van der Waals surface area contributed by atoms with E-state index in [9.17, 15) is 4.79 Å². The van der Waals surface area contributed by atoms with Crippen LogP contribution < -0.4 is 0 Å². The maximum absolute atomic E-state index is 10.9. The quantitative estimate of drug-likeness (QED) is 0.727. The first-order valence-corrected chi connectivity index (χ1v) is 4.78. The molecule has 0 unspecified atom stereocenters. The van der Waals surface area contributed by atoms with E-state index >= 15 is 0 Å². The van der Waals surface area contributed by atoms with Gasteiger partial charge in [0, 0.05) is 11.4 Å². The van der Waals surface area contributed by atoms with Crippen LogP contribution in [-0.4, -0.2) is 5.78 Å². The summed E-state index contributed by atoms with van der Waals surface area (Å²) in [5.41, 5.74) is 2.13. The summed E-state index contributed by atoms with van der Waals surface area (Å²) < 4.78 is 0. The Morgan fingerprint density at radius 1 is 1.46 bits per heavy atom. The second kappa shape index (κ2) is 4.43. The van der Waals surface area contributed by atoms with Crippen LogP contribution in [0, 0.1) is 0 Å². The molecule has 0 fully saturated rings. The van der Waals surface area contributed by atoms with Crippen LogP contribution in [-0.2, 0) is 17.6 Å². The van der Waals surface area contributed by atoms with Crippen LogP contribution in [0.5, 0.6) is 0 Å². The third kappa shape index (κ3) is 2.85. The Kier molecular flexibility index (Phi) is 3.49. The monoisotopic (exact) mass is 196 g/mol. The number of rotatable bonds is 3.